The van der Waals surface area contributed by atoms with Gasteiger partial charge in [0.2, 0.25) is 11.8 Å². The van der Waals surface area contributed by atoms with Crippen molar-refractivity contribution >= 4 is 17.7 Å². The van der Waals surface area contributed by atoms with Crippen LogP contribution < -0.4 is 15.8 Å². The molecule has 3 aromatic carbocycles. The minimum atomic E-state index is -0.954. The normalized spacial score (nSPS) is 21.3. The van der Waals surface area contributed by atoms with Crippen molar-refractivity contribution in [2.75, 3.05) is 20.2 Å². The van der Waals surface area contributed by atoms with Gasteiger partial charge >= 0.3 is 0 Å². The van der Waals surface area contributed by atoms with Crippen LogP contribution in [0.25, 0.3) is 0 Å². The van der Waals surface area contributed by atoms with E-state index in [1.165, 1.54) is 0 Å². The third kappa shape index (κ3) is 4.53. The van der Waals surface area contributed by atoms with Crippen LogP contribution in [0.1, 0.15) is 58.6 Å². The number of benzene rings is 3. The number of primary amides is 1. The van der Waals surface area contributed by atoms with E-state index >= 15 is 0 Å². The zero-order chi connectivity index (χ0) is 26.7. The number of para-hydroxylation sites is 1. The van der Waals surface area contributed by atoms with Crippen LogP contribution in [0.5, 0.6) is 5.75 Å². The molecule has 38 heavy (non-hydrogen) atoms. The van der Waals surface area contributed by atoms with E-state index in [1.807, 2.05) is 71.6 Å². The van der Waals surface area contributed by atoms with Gasteiger partial charge in [-0.25, -0.2) is 0 Å². The van der Waals surface area contributed by atoms with Gasteiger partial charge in [0.05, 0.1) is 24.0 Å². The van der Waals surface area contributed by atoms with Crippen LogP contribution in [-0.4, -0.2) is 48.9 Å². The summed E-state index contributed by atoms with van der Waals surface area (Å²) in [5, 5.41) is 3.10. The number of likely N-dealkylation sites (tertiary alicyclic amines) is 1. The molecule has 1 saturated heterocycles. The molecule has 196 valence electrons. The molecule has 7 heteroatoms. The van der Waals surface area contributed by atoms with Crippen molar-refractivity contribution < 1.29 is 19.1 Å². The smallest absolute Gasteiger partial charge is 0.255 e. The summed E-state index contributed by atoms with van der Waals surface area (Å²) in [5.41, 5.74) is 8.15. The third-order valence-corrected chi connectivity index (χ3v) is 8.08. The first kappa shape index (κ1) is 25.5. The highest BCUT2D eigenvalue weighted by Crippen LogP contribution is 2.47. The monoisotopic (exact) mass is 511 g/mol. The second kappa shape index (κ2) is 10.7. The first-order chi connectivity index (χ1) is 18.5. The standard InChI is InChI=1S/C31H33N3O4/c1-38-27-14-8-6-12-25(27)28(35)33-22-16-19-34(20-17-22)29(36)24-15-18-31(30(32)37,21-9-3-2-4-10-21)26-13-7-5-11-23(24)26/h2-14,22,24H,15-20H2,1H3,(H2,32,37)(H,33,35). The van der Waals surface area contributed by atoms with Crippen LogP contribution in [0.4, 0.5) is 0 Å². The van der Waals surface area contributed by atoms with E-state index in [2.05, 4.69) is 5.32 Å². The van der Waals surface area contributed by atoms with Crippen LogP contribution in [0.2, 0.25) is 0 Å². The second-order valence-corrected chi connectivity index (χ2v) is 10.1. The van der Waals surface area contributed by atoms with Crippen molar-refractivity contribution in [3.63, 3.8) is 0 Å². The number of rotatable bonds is 6. The summed E-state index contributed by atoms with van der Waals surface area (Å²) < 4.78 is 5.31. The summed E-state index contributed by atoms with van der Waals surface area (Å²) in [5.74, 6) is -0.290. The van der Waals surface area contributed by atoms with Crippen LogP contribution in [-0.2, 0) is 15.0 Å². The van der Waals surface area contributed by atoms with Crippen LogP contribution in [0.15, 0.2) is 78.9 Å². The number of ether oxygens (including phenoxy) is 1. The second-order valence-electron chi connectivity index (χ2n) is 10.1. The van der Waals surface area contributed by atoms with Crippen LogP contribution in [0, 0.1) is 0 Å². The number of carbonyl (C=O) groups excluding carboxylic acids is 3. The lowest BCUT2D eigenvalue weighted by Crippen LogP contribution is -2.50. The molecule has 2 aliphatic rings. The predicted molar refractivity (Wildman–Crippen MR) is 145 cm³/mol. The molecule has 7 nitrogen and oxygen atoms in total. The Labute approximate surface area is 223 Å². The lowest BCUT2D eigenvalue weighted by atomic mass is 9.62. The van der Waals surface area contributed by atoms with E-state index in [4.69, 9.17) is 10.5 Å². The molecule has 0 bridgehead atoms. The van der Waals surface area contributed by atoms with E-state index in [1.54, 1.807) is 19.2 Å². The number of fused-ring (bicyclic) bond motifs is 1. The Hall–Kier alpha value is -4.13. The quantitative estimate of drug-likeness (QED) is 0.526. The summed E-state index contributed by atoms with van der Waals surface area (Å²) in [4.78, 5) is 41.5. The highest BCUT2D eigenvalue weighted by molar-refractivity contribution is 5.97. The van der Waals surface area contributed by atoms with Gasteiger partial charge in [-0.3, -0.25) is 14.4 Å². The van der Waals surface area contributed by atoms with Crippen LogP contribution in [0.3, 0.4) is 0 Å². The number of amides is 3. The van der Waals surface area contributed by atoms with Gasteiger partial charge in [0.15, 0.2) is 0 Å². The lowest BCUT2D eigenvalue weighted by molar-refractivity contribution is -0.135. The average molecular weight is 512 g/mol. The largest absolute Gasteiger partial charge is 0.496 e. The summed E-state index contributed by atoms with van der Waals surface area (Å²) in [7, 11) is 1.55. The maximum absolute atomic E-state index is 13.8. The minimum Gasteiger partial charge on any atom is -0.496 e. The van der Waals surface area contributed by atoms with Gasteiger partial charge in [-0.15, -0.1) is 0 Å². The van der Waals surface area contributed by atoms with Gasteiger partial charge in [-0.1, -0.05) is 66.7 Å². The predicted octanol–water partition coefficient (Wildman–Crippen LogP) is 3.77. The molecular weight excluding hydrogens is 478 g/mol. The Morgan fingerprint density at radius 1 is 0.895 bits per heavy atom. The molecule has 1 heterocycles. The zero-order valence-electron chi connectivity index (χ0n) is 21.6. The number of hydrogen-bond acceptors (Lipinski definition) is 4. The van der Waals surface area contributed by atoms with E-state index in [-0.39, 0.29) is 23.8 Å². The van der Waals surface area contributed by atoms with Gasteiger partial charge < -0.3 is 20.7 Å². The molecule has 0 aromatic heterocycles. The maximum atomic E-state index is 13.8. The summed E-state index contributed by atoms with van der Waals surface area (Å²) >= 11 is 0. The van der Waals surface area contributed by atoms with Gasteiger partial charge in [-0.05, 0) is 54.5 Å². The van der Waals surface area contributed by atoms with Gasteiger partial charge in [0.25, 0.3) is 5.91 Å². The van der Waals surface area contributed by atoms with Crippen molar-refractivity contribution in [1.29, 1.82) is 0 Å². The number of nitrogens with one attached hydrogen (secondary N) is 1. The van der Waals surface area contributed by atoms with Gasteiger partial charge in [0.1, 0.15) is 5.75 Å². The SMILES string of the molecule is COc1ccccc1C(=O)NC1CCN(C(=O)C2CCC(C(N)=O)(c3ccccc3)c3ccccc32)CC1. The number of nitrogens with two attached hydrogens (primary N) is 1. The molecule has 0 radical (unpaired) electrons. The van der Waals surface area contributed by atoms with Crippen molar-refractivity contribution in [2.24, 2.45) is 5.73 Å². The first-order valence-corrected chi connectivity index (χ1v) is 13.1. The van der Waals surface area contributed by atoms with E-state index < -0.39 is 11.3 Å². The van der Waals surface area contributed by atoms with Crippen molar-refractivity contribution in [1.82, 2.24) is 10.2 Å². The molecule has 3 aromatic rings. The van der Waals surface area contributed by atoms with Gasteiger partial charge in [0, 0.05) is 19.1 Å². The molecule has 1 fully saturated rings. The fourth-order valence-corrected chi connectivity index (χ4v) is 6.08. The Morgan fingerprint density at radius 3 is 2.26 bits per heavy atom. The van der Waals surface area contributed by atoms with Crippen molar-refractivity contribution in [3.8, 4) is 5.75 Å². The fourth-order valence-electron chi connectivity index (χ4n) is 6.08. The number of hydrogen-bond donors (Lipinski definition) is 2. The molecule has 0 spiro atoms. The first-order valence-electron chi connectivity index (χ1n) is 13.1. The summed E-state index contributed by atoms with van der Waals surface area (Å²) in [6.07, 6.45) is 2.37. The van der Waals surface area contributed by atoms with Crippen molar-refractivity contribution in [3.05, 3.63) is 101 Å². The molecule has 3 N–H and O–H groups in total. The Kier molecular flexibility index (Phi) is 7.18. The van der Waals surface area contributed by atoms with Crippen molar-refractivity contribution in [2.45, 2.75) is 43.1 Å². The van der Waals surface area contributed by atoms with E-state index in [0.29, 0.717) is 50.1 Å². The fraction of sp³-hybridized carbons (Fsp3) is 0.323. The number of piperidine rings is 1. The average Bonchev–Trinajstić information content (AvgIpc) is 2.97. The lowest BCUT2D eigenvalue weighted by Gasteiger charge is -2.42. The highest BCUT2D eigenvalue weighted by atomic mass is 16.5. The molecule has 0 saturated carbocycles. The molecule has 1 aliphatic carbocycles. The highest BCUT2D eigenvalue weighted by Gasteiger charge is 2.47. The molecule has 5 rings (SSSR count). The molecular formula is C31H33N3O4. The Morgan fingerprint density at radius 2 is 1.55 bits per heavy atom. The number of nitrogens with zero attached hydrogens (tertiary/aromatic N) is 1. The molecule has 2 atom stereocenters. The maximum Gasteiger partial charge on any atom is 0.255 e. The molecule has 2 unspecified atom stereocenters. The molecule has 3 amide bonds. The summed E-state index contributed by atoms with van der Waals surface area (Å²) in [6, 6.07) is 24.5. The minimum absolute atomic E-state index is 0.0179. The number of carbonyl (C=O) groups is 3. The summed E-state index contributed by atoms with van der Waals surface area (Å²) in [6.45, 7) is 1.13. The van der Waals surface area contributed by atoms with E-state index in [0.717, 1.165) is 16.7 Å². The zero-order valence-corrected chi connectivity index (χ0v) is 21.6. The number of methoxy groups -OCH3 is 1. The van der Waals surface area contributed by atoms with E-state index in [9.17, 15) is 14.4 Å². The topological polar surface area (TPSA) is 102 Å². The Bertz CT molecular complexity index is 1330. The molecule has 1 aliphatic heterocycles. The third-order valence-electron chi connectivity index (χ3n) is 8.08. The van der Waals surface area contributed by atoms with Gasteiger partial charge in [-0.2, -0.15) is 0 Å². The van der Waals surface area contributed by atoms with Crippen LogP contribution >= 0.6 is 0 Å². The Balaban J connectivity index is 1.30.